The number of hydrogen-bond acceptors (Lipinski definition) is 5. The summed E-state index contributed by atoms with van der Waals surface area (Å²) in [4.78, 5) is 25.6. The van der Waals surface area contributed by atoms with Gasteiger partial charge in [0.25, 0.3) is 5.91 Å². The highest BCUT2D eigenvalue weighted by Crippen LogP contribution is 2.22. The zero-order valence-electron chi connectivity index (χ0n) is 16.6. The van der Waals surface area contributed by atoms with Gasteiger partial charge in [0, 0.05) is 23.7 Å². The molecule has 0 aliphatic heterocycles. The predicted octanol–water partition coefficient (Wildman–Crippen LogP) is 4.44. The fraction of sp³-hybridized carbons (Fsp3) is 0.318. The molecular weight excluding hydrogens is 411 g/mol. The SMILES string of the molecule is Cc1cc(Cl)ccc1OCCCC(=O)OCC(=O)N(CCC#N)c1ccc(F)cc1. The van der Waals surface area contributed by atoms with Gasteiger partial charge in [0.05, 0.1) is 19.1 Å². The molecule has 0 atom stereocenters. The summed E-state index contributed by atoms with van der Waals surface area (Å²) in [6, 6.07) is 12.5. The Morgan fingerprint density at radius 2 is 1.93 bits per heavy atom. The van der Waals surface area contributed by atoms with Gasteiger partial charge in [0.1, 0.15) is 11.6 Å². The van der Waals surface area contributed by atoms with Crippen LogP contribution in [-0.4, -0.2) is 31.6 Å². The first-order valence-electron chi connectivity index (χ1n) is 9.38. The normalized spacial score (nSPS) is 10.2. The van der Waals surface area contributed by atoms with Crippen molar-refractivity contribution in [2.75, 3.05) is 24.7 Å². The van der Waals surface area contributed by atoms with Crippen LogP contribution in [0.2, 0.25) is 5.02 Å². The number of carbonyl (C=O) groups excluding carboxylic acids is 2. The lowest BCUT2D eigenvalue weighted by atomic mass is 10.2. The van der Waals surface area contributed by atoms with Gasteiger partial charge < -0.3 is 14.4 Å². The molecule has 0 radical (unpaired) electrons. The fourth-order valence-electron chi connectivity index (χ4n) is 2.65. The average Bonchev–Trinajstić information content (AvgIpc) is 2.72. The third kappa shape index (κ3) is 7.37. The smallest absolute Gasteiger partial charge is 0.306 e. The summed E-state index contributed by atoms with van der Waals surface area (Å²) >= 11 is 5.90. The molecule has 2 aromatic rings. The van der Waals surface area contributed by atoms with Crippen molar-refractivity contribution in [1.82, 2.24) is 0 Å². The molecule has 2 aromatic carbocycles. The molecule has 0 saturated heterocycles. The predicted molar refractivity (Wildman–Crippen MR) is 111 cm³/mol. The molecule has 0 unspecified atom stereocenters. The fourth-order valence-corrected chi connectivity index (χ4v) is 2.87. The van der Waals surface area contributed by atoms with E-state index in [1.165, 1.54) is 29.2 Å². The molecule has 0 aliphatic carbocycles. The van der Waals surface area contributed by atoms with Crippen LogP contribution >= 0.6 is 11.6 Å². The number of aryl methyl sites for hydroxylation is 1. The van der Waals surface area contributed by atoms with Gasteiger partial charge in [-0.2, -0.15) is 5.26 Å². The van der Waals surface area contributed by atoms with Crippen molar-refractivity contribution >= 4 is 29.2 Å². The molecule has 0 aliphatic rings. The molecule has 0 bridgehead atoms. The Balaban J connectivity index is 1.78. The van der Waals surface area contributed by atoms with Gasteiger partial charge >= 0.3 is 5.97 Å². The van der Waals surface area contributed by atoms with E-state index in [1.54, 1.807) is 18.2 Å². The number of rotatable bonds is 10. The van der Waals surface area contributed by atoms with E-state index in [-0.39, 0.29) is 19.4 Å². The van der Waals surface area contributed by atoms with Crippen LogP contribution in [0.1, 0.15) is 24.8 Å². The number of anilines is 1. The molecule has 1 amide bonds. The minimum Gasteiger partial charge on any atom is -0.493 e. The van der Waals surface area contributed by atoms with Crippen molar-refractivity contribution in [1.29, 1.82) is 5.26 Å². The van der Waals surface area contributed by atoms with E-state index in [9.17, 15) is 14.0 Å². The third-order valence-electron chi connectivity index (χ3n) is 4.16. The Morgan fingerprint density at radius 3 is 2.60 bits per heavy atom. The van der Waals surface area contributed by atoms with Crippen molar-refractivity contribution in [2.24, 2.45) is 0 Å². The van der Waals surface area contributed by atoms with Crippen LogP contribution < -0.4 is 9.64 Å². The van der Waals surface area contributed by atoms with Gasteiger partial charge in [-0.05, 0) is 61.4 Å². The maximum atomic E-state index is 13.1. The van der Waals surface area contributed by atoms with E-state index in [0.717, 1.165) is 5.56 Å². The number of nitrogens with zero attached hydrogens (tertiary/aromatic N) is 2. The van der Waals surface area contributed by atoms with E-state index < -0.39 is 24.3 Å². The molecular formula is C22H22ClFN2O4. The van der Waals surface area contributed by atoms with E-state index in [4.69, 9.17) is 26.3 Å². The maximum absolute atomic E-state index is 13.1. The van der Waals surface area contributed by atoms with Gasteiger partial charge in [-0.3, -0.25) is 9.59 Å². The Bertz CT molecular complexity index is 912. The Morgan fingerprint density at radius 1 is 1.20 bits per heavy atom. The second-order valence-electron chi connectivity index (χ2n) is 6.45. The number of amides is 1. The van der Waals surface area contributed by atoms with E-state index in [2.05, 4.69) is 0 Å². The highest BCUT2D eigenvalue weighted by Gasteiger charge is 2.17. The summed E-state index contributed by atoms with van der Waals surface area (Å²) in [5.74, 6) is -0.762. The van der Waals surface area contributed by atoms with Gasteiger partial charge in [0.2, 0.25) is 0 Å². The van der Waals surface area contributed by atoms with E-state index in [1.807, 2.05) is 13.0 Å². The van der Waals surface area contributed by atoms with Crippen LogP contribution in [-0.2, 0) is 14.3 Å². The van der Waals surface area contributed by atoms with Crippen molar-refractivity contribution < 1.29 is 23.5 Å². The monoisotopic (exact) mass is 432 g/mol. The summed E-state index contributed by atoms with van der Waals surface area (Å²) in [5, 5.41) is 9.41. The molecule has 0 aromatic heterocycles. The lowest BCUT2D eigenvalue weighted by Gasteiger charge is -2.21. The zero-order valence-corrected chi connectivity index (χ0v) is 17.3. The number of hydrogen-bond donors (Lipinski definition) is 0. The van der Waals surface area contributed by atoms with Crippen LogP contribution in [0, 0.1) is 24.1 Å². The quantitative estimate of drug-likeness (QED) is 0.409. The van der Waals surface area contributed by atoms with Crippen molar-refractivity contribution in [2.45, 2.75) is 26.2 Å². The van der Waals surface area contributed by atoms with Crippen LogP contribution in [0.25, 0.3) is 0 Å². The lowest BCUT2D eigenvalue weighted by molar-refractivity contribution is -0.148. The van der Waals surface area contributed by atoms with Gasteiger partial charge in [-0.25, -0.2) is 4.39 Å². The van der Waals surface area contributed by atoms with Crippen LogP contribution in [0.3, 0.4) is 0 Å². The topological polar surface area (TPSA) is 79.6 Å². The second kappa shape index (κ2) is 11.8. The first-order valence-corrected chi connectivity index (χ1v) is 9.76. The number of halogens is 2. The molecule has 2 rings (SSSR count). The molecule has 158 valence electrons. The number of carbonyl (C=O) groups is 2. The lowest BCUT2D eigenvalue weighted by Crippen LogP contribution is -2.35. The Kier molecular flexibility index (Phi) is 9.10. The maximum Gasteiger partial charge on any atom is 0.306 e. The second-order valence-corrected chi connectivity index (χ2v) is 6.89. The van der Waals surface area contributed by atoms with E-state index in [0.29, 0.717) is 29.5 Å². The summed E-state index contributed by atoms with van der Waals surface area (Å²) in [7, 11) is 0. The van der Waals surface area contributed by atoms with Crippen LogP contribution in [0.4, 0.5) is 10.1 Å². The average molecular weight is 433 g/mol. The molecule has 8 heteroatoms. The van der Waals surface area contributed by atoms with Crippen molar-refractivity contribution in [3.05, 3.63) is 58.9 Å². The highest BCUT2D eigenvalue weighted by molar-refractivity contribution is 6.30. The molecule has 6 nitrogen and oxygen atoms in total. The summed E-state index contributed by atoms with van der Waals surface area (Å²) in [6.45, 7) is 1.85. The minimum absolute atomic E-state index is 0.0919. The number of ether oxygens (including phenoxy) is 2. The molecule has 0 heterocycles. The standard InChI is InChI=1S/C22H22ClFN2O4/c1-16-14-17(23)5-10-20(16)29-13-2-4-22(28)30-15-21(27)26(12-3-11-25)19-8-6-18(24)7-9-19/h5-10,14H,2-4,12-13,15H2,1H3. The Labute approximate surface area is 179 Å². The van der Waals surface area contributed by atoms with Gasteiger partial charge in [-0.1, -0.05) is 11.6 Å². The molecule has 0 N–H and O–H groups in total. The molecule has 30 heavy (non-hydrogen) atoms. The summed E-state index contributed by atoms with van der Waals surface area (Å²) < 4.78 is 23.8. The van der Waals surface area contributed by atoms with Crippen molar-refractivity contribution in [3.8, 4) is 11.8 Å². The summed E-state index contributed by atoms with van der Waals surface area (Å²) in [5.41, 5.74) is 1.33. The number of benzene rings is 2. The summed E-state index contributed by atoms with van der Waals surface area (Å²) in [6.07, 6.45) is 0.610. The molecule has 0 fully saturated rings. The van der Waals surface area contributed by atoms with E-state index >= 15 is 0 Å². The van der Waals surface area contributed by atoms with Gasteiger partial charge in [0.15, 0.2) is 6.61 Å². The molecule has 0 saturated carbocycles. The zero-order chi connectivity index (χ0) is 21.9. The molecule has 0 spiro atoms. The number of esters is 1. The first-order chi connectivity index (χ1) is 14.4. The first kappa shape index (κ1) is 23.2. The largest absolute Gasteiger partial charge is 0.493 e. The Hall–Kier alpha value is -3.11. The highest BCUT2D eigenvalue weighted by atomic mass is 35.5. The third-order valence-corrected chi connectivity index (χ3v) is 4.40. The number of nitriles is 1. The van der Waals surface area contributed by atoms with Crippen molar-refractivity contribution in [3.63, 3.8) is 0 Å². The minimum atomic E-state index is -0.529. The van der Waals surface area contributed by atoms with Crippen LogP contribution in [0.5, 0.6) is 5.75 Å². The van der Waals surface area contributed by atoms with Gasteiger partial charge in [-0.15, -0.1) is 0 Å². The van der Waals surface area contributed by atoms with Crippen LogP contribution in [0.15, 0.2) is 42.5 Å².